The molecular weight excluding hydrogens is 412 g/mol. The molecule has 0 N–H and O–H groups in total. The van der Waals surface area contributed by atoms with Crippen LogP contribution in [0.1, 0.15) is 95.9 Å². The minimum Gasteiger partial charge on any atom is -0.375 e. The summed E-state index contributed by atoms with van der Waals surface area (Å²) in [5.74, 6) is 0.898. The van der Waals surface area contributed by atoms with E-state index in [1.54, 1.807) is 14.1 Å². The minimum absolute atomic E-state index is 0. The smallest absolute Gasteiger partial charge is 0.375 e. The summed E-state index contributed by atoms with van der Waals surface area (Å²) in [6.07, 6.45) is 2.75. The van der Waals surface area contributed by atoms with Gasteiger partial charge in [-0.05, 0) is 24.7 Å². The number of hydrogen-bond acceptors (Lipinski definition) is 6. The van der Waals surface area contributed by atoms with E-state index in [1.165, 1.54) is 22.6 Å². The van der Waals surface area contributed by atoms with Crippen LogP contribution >= 0.6 is 0 Å². The molecule has 2 heterocycles. The number of likely N-dealkylation sites (N-methyl/N-ethyl adjacent to an activating group) is 2. The van der Waals surface area contributed by atoms with Crippen LogP contribution < -0.4 is 0 Å². The molecule has 2 rings (SSSR count). The first-order valence-electron chi connectivity index (χ1n) is 10.8. The number of carbonyl (C=O) groups excluding carboxylic acids is 4. The number of hydrogen-bond donors (Lipinski definition) is 0. The number of rotatable bonds is 4. The third kappa shape index (κ3) is 14.0. The normalized spacial score (nSPS) is 18.9. The van der Waals surface area contributed by atoms with Crippen LogP contribution in [0.25, 0.3) is 0 Å². The number of cyclic esters (lactones) is 4. The Balaban J connectivity index is -0.000000169. The van der Waals surface area contributed by atoms with E-state index in [1.807, 2.05) is 13.8 Å². The zero-order valence-electron chi connectivity index (χ0n) is 20.5. The largest absolute Gasteiger partial charge is 0.418 e. The Kier molecular flexibility index (Phi) is 22.7. The van der Waals surface area contributed by atoms with Gasteiger partial charge >= 0.3 is 24.1 Å². The van der Waals surface area contributed by atoms with Crippen molar-refractivity contribution in [1.29, 1.82) is 0 Å². The van der Waals surface area contributed by atoms with E-state index in [0.29, 0.717) is 12.8 Å². The monoisotopic (exact) mass is 462 g/mol. The molecule has 0 spiro atoms. The standard InChI is InChI=1S/2C6H9NO3.2C5H12.2CH4/c2*1-3-4-5(8)10-6(9)7(4)2;2*1-4-5(2)3;;/h2*4H,3H2,1-2H3;2*5H,4H2,1-3H3;2*1H4/t4-;;;;;/m0...../s1. The van der Waals surface area contributed by atoms with Gasteiger partial charge in [0.15, 0.2) is 0 Å². The first-order valence-corrected chi connectivity index (χ1v) is 10.8. The number of esters is 2. The van der Waals surface area contributed by atoms with Gasteiger partial charge in [-0.1, -0.05) is 83.1 Å². The van der Waals surface area contributed by atoms with Crippen molar-refractivity contribution in [3.63, 3.8) is 0 Å². The summed E-state index contributed by atoms with van der Waals surface area (Å²) in [6, 6.07) is -0.736. The highest BCUT2D eigenvalue weighted by atomic mass is 16.6. The third-order valence-corrected chi connectivity index (χ3v) is 4.84. The van der Waals surface area contributed by atoms with Gasteiger partial charge in [0.1, 0.15) is 12.1 Å². The highest BCUT2D eigenvalue weighted by molar-refractivity contribution is 5.95. The topological polar surface area (TPSA) is 93.2 Å². The van der Waals surface area contributed by atoms with Gasteiger partial charge in [0.25, 0.3) is 0 Å². The van der Waals surface area contributed by atoms with E-state index in [-0.39, 0.29) is 26.9 Å². The summed E-state index contributed by atoms with van der Waals surface area (Å²) >= 11 is 0. The molecule has 2 atom stereocenters. The summed E-state index contributed by atoms with van der Waals surface area (Å²) in [6.45, 7) is 17.0. The van der Waals surface area contributed by atoms with Crippen LogP contribution in [0.2, 0.25) is 0 Å². The van der Waals surface area contributed by atoms with Crippen LogP contribution in [0.3, 0.4) is 0 Å². The van der Waals surface area contributed by atoms with Crippen molar-refractivity contribution in [2.24, 2.45) is 11.8 Å². The summed E-state index contributed by atoms with van der Waals surface area (Å²) in [7, 11) is 3.11. The van der Waals surface area contributed by atoms with E-state index >= 15 is 0 Å². The van der Waals surface area contributed by atoms with Crippen molar-refractivity contribution in [2.75, 3.05) is 14.1 Å². The first kappa shape index (κ1) is 37.2. The second-order valence-corrected chi connectivity index (χ2v) is 8.05. The molecule has 0 aliphatic carbocycles. The van der Waals surface area contributed by atoms with Gasteiger partial charge in [-0.15, -0.1) is 0 Å². The number of ether oxygens (including phenoxy) is 2. The Bertz CT molecular complexity index is 501. The average molecular weight is 463 g/mol. The van der Waals surface area contributed by atoms with Crippen LogP contribution in [0, 0.1) is 11.8 Å². The van der Waals surface area contributed by atoms with Gasteiger partial charge < -0.3 is 9.47 Å². The highest BCUT2D eigenvalue weighted by Gasteiger charge is 2.37. The van der Waals surface area contributed by atoms with Crippen LogP contribution in [0.4, 0.5) is 9.59 Å². The lowest BCUT2D eigenvalue weighted by atomic mass is 10.2. The van der Waals surface area contributed by atoms with Crippen LogP contribution in [0.5, 0.6) is 0 Å². The predicted octanol–water partition coefficient (Wildman–Crippen LogP) is 6.12. The van der Waals surface area contributed by atoms with Crippen LogP contribution in [-0.4, -0.2) is 60.1 Å². The molecule has 0 aromatic rings. The molecule has 0 radical (unpaired) electrons. The number of carbonyl (C=O) groups is 4. The van der Waals surface area contributed by atoms with Crippen molar-refractivity contribution in [2.45, 2.75) is 108 Å². The first-order chi connectivity index (χ1) is 13.9. The van der Waals surface area contributed by atoms with E-state index in [2.05, 4.69) is 51.0 Å². The van der Waals surface area contributed by atoms with Gasteiger partial charge in [0, 0.05) is 14.1 Å². The van der Waals surface area contributed by atoms with E-state index in [4.69, 9.17) is 0 Å². The lowest BCUT2D eigenvalue weighted by molar-refractivity contribution is -0.136. The summed E-state index contributed by atoms with van der Waals surface area (Å²) in [5.41, 5.74) is 0. The molecule has 8 nitrogen and oxygen atoms in total. The Morgan fingerprint density at radius 2 is 0.875 bits per heavy atom. The van der Waals surface area contributed by atoms with Crippen molar-refractivity contribution in [3.8, 4) is 0 Å². The summed E-state index contributed by atoms with van der Waals surface area (Å²) in [4.78, 5) is 45.4. The SMILES string of the molecule is C.C.CCC(C)C.CCC(C)C.CCC1C(=O)OC(=O)N1C.CC[C@H]1C(=O)OC(=O)N1C. The molecule has 0 bridgehead atoms. The van der Waals surface area contributed by atoms with Gasteiger partial charge in [-0.3, -0.25) is 9.80 Å². The molecule has 2 aliphatic rings. The van der Waals surface area contributed by atoms with Crippen molar-refractivity contribution >= 4 is 24.1 Å². The second-order valence-electron chi connectivity index (χ2n) is 8.05. The molecule has 2 fully saturated rings. The minimum atomic E-state index is -0.545. The maximum absolute atomic E-state index is 10.7. The Morgan fingerprint density at radius 1 is 0.656 bits per heavy atom. The fourth-order valence-electron chi connectivity index (χ4n) is 1.90. The van der Waals surface area contributed by atoms with Crippen LogP contribution in [-0.2, 0) is 19.1 Å². The van der Waals surface area contributed by atoms with Crippen molar-refractivity contribution < 1.29 is 28.7 Å². The molecule has 0 aromatic heterocycles. The zero-order valence-corrected chi connectivity index (χ0v) is 20.5. The summed E-state index contributed by atoms with van der Waals surface area (Å²) in [5, 5.41) is 0. The fraction of sp³-hybridized carbons (Fsp3) is 0.833. The third-order valence-electron chi connectivity index (χ3n) is 4.84. The Hall–Kier alpha value is -2.12. The fourth-order valence-corrected chi connectivity index (χ4v) is 1.90. The molecule has 0 aromatic carbocycles. The van der Waals surface area contributed by atoms with E-state index in [9.17, 15) is 19.2 Å². The number of amides is 2. The second kappa shape index (κ2) is 19.6. The Morgan fingerprint density at radius 3 is 0.938 bits per heavy atom. The lowest BCUT2D eigenvalue weighted by Gasteiger charge is -2.10. The Labute approximate surface area is 197 Å². The molecular formula is C24H50N2O6. The molecule has 2 aliphatic heterocycles. The molecule has 8 heteroatoms. The number of nitrogens with zero attached hydrogens (tertiary/aromatic N) is 2. The molecule has 0 saturated carbocycles. The maximum atomic E-state index is 10.7. The van der Waals surface area contributed by atoms with Crippen LogP contribution in [0.15, 0.2) is 0 Å². The van der Waals surface area contributed by atoms with Gasteiger partial charge in [0.2, 0.25) is 0 Å². The molecule has 2 saturated heterocycles. The highest BCUT2D eigenvalue weighted by Crippen LogP contribution is 2.14. The molecule has 32 heavy (non-hydrogen) atoms. The summed E-state index contributed by atoms with van der Waals surface area (Å²) < 4.78 is 8.65. The van der Waals surface area contributed by atoms with Gasteiger partial charge in [-0.2, -0.15) is 0 Å². The van der Waals surface area contributed by atoms with E-state index < -0.39 is 24.1 Å². The molecule has 2 amide bonds. The lowest BCUT2D eigenvalue weighted by Crippen LogP contribution is -2.30. The molecule has 1 unspecified atom stereocenters. The van der Waals surface area contributed by atoms with Gasteiger partial charge in [-0.25, -0.2) is 19.2 Å². The predicted molar refractivity (Wildman–Crippen MR) is 130 cm³/mol. The zero-order chi connectivity index (χ0) is 24.0. The quantitative estimate of drug-likeness (QED) is 0.369. The van der Waals surface area contributed by atoms with E-state index in [0.717, 1.165) is 11.8 Å². The van der Waals surface area contributed by atoms with Crippen molar-refractivity contribution in [3.05, 3.63) is 0 Å². The average Bonchev–Trinajstić information content (AvgIpc) is 3.08. The maximum Gasteiger partial charge on any atom is 0.418 e. The van der Waals surface area contributed by atoms with Crippen molar-refractivity contribution in [1.82, 2.24) is 9.80 Å². The molecule has 192 valence electrons. The van der Waals surface area contributed by atoms with Gasteiger partial charge in [0.05, 0.1) is 0 Å².